The second-order valence-electron chi connectivity index (χ2n) is 6.25. The van der Waals surface area contributed by atoms with Crippen molar-refractivity contribution in [2.75, 3.05) is 6.26 Å². The number of nitrogens with zero attached hydrogens (tertiary/aromatic N) is 1. The van der Waals surface area contributed by atoms with Gasteiger partial charge in [-0.15, -0.1) is 0 Å². The molecule has 0 atom stereocenters. The molecule has 154 valence electrons. The van der Waals surface area contributed by atoms with Crippen molar-refractivity contribution < 1.29 is 34.8 Å². The summed E-state index contributed by atoms with van der Waals surface area (Å²) < 4.78 is 96.6. The smallest absolute Gasteiger partial charge is 0.415 e. The quantitative estimate of drug-likeness (QED) is 0.583. The second-order valence-corrected chi connectivity index (χ2v) is 8.24. The number of halogens is 5. The molecule has 0 radical (unpaired) electrons. The molecule has 0 amide bonds. The molecule has 0 fully saturated rings. The average molecular weight is 433 g/mol. The lowest BCUT2D eigenvalue weighted by Gasteiger charge is -2.14. The first-order valence-electron chi connectivity index (χ1n) is 7.89. The minimum absolute atomic E-state index is 0.103. The third-order valence-corrected chi connectivity index (χ3v) is 5.29. The van der Waals surface area contributed by atoms with Crippen LogP contribution in [0.5, 0.6) is 0 Å². The van der Waals surface area contributed by atoms with Crippen LogP contribution in [0.15, 0.2) is 50.7 Å². The predicted octanol–water partition coefficient (Wildman–Crippen LogP) is 4.11. The Hall–Kier alpha value is -2.95. The first-order valence-corrected chi connectivity index (χ1v) is 9.78. The number of alkyl halides is 3. The number of hydrogen-bond acceptors (Lipinski definition) is 4. The molecule has 0 unspecified atom stereocenters. The van der Waals surface area contributed by atoms with Gasteiger partial charge in [0.25, 0.3) is 0 Å². The van der Waals surface area contributed by atoms with Crippen LogP contribution in [0.1, 0.15) is 11.1 Å². The van der Waals surface area contributed by atoms with Crippen molar-refractivity contribution in [1.29, 1.82) is 0 Å². The highest BCUT2D eigenvalue weighted by molar-refractivity contribution is 7.90. The minimum atomic E-state index is -4.71. The number of benzene rings is 2. The highest BCUT2D eigenvalue weighted by Gasteiger charge is 2.33. The lowest BCUT2D eigenvalue weighted by Crippen LogP contribution is -2.16. The summed E-state index contributed by atoms with van der Waals surface area (Å²) in [7, 11) is -4.07. The number of sulfone groups is 1. The van der Waals surface area contributed by atoms with Gasteiger partial charge >= 0.3 is 11.9 Å². The van der Waals surface area contributed by atoms with E-state index < -0.39 is 49.4 Å². The van der Waals surface area contributed by atoms with E-state index in [2.05, 4.69) is 4.42 Å². The van der Waals surface area contributed by atoms with Crippen molar-refractivity contribution in [1.82, 2.24) is 4.57 Å². The Kier molecular flexibility index (Phi) is 4.89. The molecule has 3 aromatic rings. The van der Waals surface area contributed by atoms with E-state index in [-0.39, 0.29) is 16.9 Å². The summed E-state index contributed by atoms with van der Waals surface area (Å²) in [6, 6.07) is 3.94. The Morgan fingerprint density at radius 3 is 2.28 bits per heavy atom. The summed E-state index contributed by atoms with van der Waals surface area (Å²) in [5, 5.41) is 0. The van der Waals surface area contributed by atoms with E-state index >= 15 is 0 Å². The maximum atomic E-state index is 14.5. The normalized spacial score (nSPS) is 12.4. The fourth-order valence-electron chi connectivity index (χ4n) is 2.80. The van der Waals surface area contributed by atoms with Gasteiger partial charge in [-0.1, -0.05) is 6.07 Å². The van der Waals surface area contributed by atoms with Gasteiger partial charge in [-0.25, -0.2) is 26.6 Å². The molecule has 0 N–H and O–H groups in total. The molecule has 2 aromatic carbocycles. The molecule has 29 heavy (non-hydrogen) atoms. The summed E-state index contributed by atoms with van der Waals surface area (Å²) in [4.78, 5) is 11.2. The molecule has 0 spiro atoms. The molecule has 3 rings (SSSR count). The van der Waals surface area contributed by atoms with Gasteiger partial charge < -0.3 is 4.42 Å². The third kappa shape index (κ3) is 3.82. The molecule has 0 bridgehead atoms. The molecule has 0 aliphatic carbocycles. The molecular weight excluding hydrogens is 421 g/mol. The zero-order valence-electron chi connectivity index (χ0n) is 14.8. The van der Waals surface area contributed by atoms with E-state index in [1.165, 1.54) is 13.0 Å². The number of hydrogen-bond donors (Lipinski definition) is 0. The summed E-state index contributed by atoms with van der Waals surface area (Å²) >= 11 is 0. The van der Waals surface area contributed by atoms with Crippen LogP contribution in [0, 0.1) is 18.6 Å². The van der Waals surface area contributed by atoms with Crippen LogP contribution < -0.4 is 5.76 Å². The van der Waals surface area contributed by atoms with Crippen molar-refractivity contribution in [2.24, 2.45) is 0 Å². The van der Waals surface area contributed by atoms with Crippen LogP contribution in [0.3, 0.4) is 0 Å². The van der Waals surface area contributed by atoms with Crippen molar-refractivity contribution in [3.8, 4) is 16.9 Å². The summed E-state index contributed by atoms with van der Waals surface area (Å²) in [6.45, 7) is 1.23. The largest absolute Gasteiger partial charge is 0.424 e. The van der Waals surface area contributed by atoms with Crippen molar-refractivity contribution in [3.63, 3.8) is 0 Å². The molecule has 11 heteroatoms. The molecule has 1 heterocycles. The fourth-order valence-corrected chi connectivity index (χ4v) is 3.53. The first kappa shape index (κ1) is 20.8. The van der Waals surface area contributed by atoms with Gasteiger partial charge in [0.1, 0.15) is 22.8 Å². The van der Waals surface area contributed by atoms with E-state index in [9.17, 15) is 35.2 Å². The highest BCUT2D eigenvalue weighted by Crippen LogP contribution is 2.34. The van der Waals surface area contributed by atoms with Crippen LogP contribution in [0.25, 0.3) is 16.9 Å². The molecule has 0 aliphatic heterocycles. The van der Waals surface area contributed by atoms with Gasteiger partial charge in [-0.05, 0) is 36.8 Å². The predicted molar refractivity (Wildman–Crippen MR) is 92.5 cm³/mol. The summed E-state index contributed by atoms with van der Waals surface area (Å²) in [6.07, 6.45) is -3.28. The zero-order chi connectivity index (χ0) is 21.7. The molecular formula is C18H12F5NO4S. The maximum Gasteiger partial charge on any atom is 0.424 e. The molecule has 0 saturated heterocycles. The topological polar surface area (TPSA) is 69.3 Å². The second kappa shape index (κ2) is 6.83. The lowest BCUT2D eigenvalue weighted by molar-refractivity contribution is -0.138. The SMILES string of the molecule is Cc1ccc(-n2c(-c3cc(F)c(S(C)(=O)=O)cc3F)coc2=O)cc1C(F)(F)F. The van der Waals surface area contributed by atoms with Crippen LogP contribution in [0.4, 0.5) is 22.0 Å². The molecule has 0 aliphatic rings. The number of aromatic nitrogens is 1. The Morgan fingerprint density at radius 1 is 1.03 bits per heavy atom. The fraction of sp³-hybridized carbons (Fsp3) is 0.167. The average Bonchev–Trinajstić information content (AvgIpc) is 2.96. The number of aryl methyl sites for hydroxylation is 1. The van der Waals surface area contributed by atoms with Crippen LogP contribution in [-0.2, 0) is 16.0 Å². The van der Waals surface area contributed by atoms with Crippen molar-refractivity contribution >= 4 is 9.84 Å². The van der Waals surface area contributed by atoms with E-state index in [1.54, 1.807) is 0 Å². The van der Waals surface area contributed by atoms with Crippen LogP contribution in [0.2, 0.25) is 0 Å². The van der Waals surface area contributed by atoms with E-state index in [1.807, 2.05) is 0 Å². The number of rotatable bonds is 3. The number of oxazole rings is 1. The lowest BCUT2D eigenvalue weighted by atomic mass is 10.1. The summed E-state index contributed by atoms with van der Waals surface area (Å²) in [5.74, 6) is -3.63. The monoisotopic (exact) mass is 433 g/mol. The van der Waals surface area contributed by atoms with Gasteiger partial charge in [0, 0.05) is 11.8 Å². The third-order valence-electron chi connectivity index (χ3n) is 4.18. The Balaban J connectivity index is 2.26. The van der Waals surface area contributed by atoms with Gasteiger partial charge in [0.15, 0.2) is 9.84 Å². The van der Waals surface area contributed by atoms with Crippen LogP contribution in [-0.4, -0.2) is 19.2 Å². The van der Waals surface area contributed by atoms with Gasteiger partial charge in [-0.3, -0.25) is 0 Å². The van der Waals surface area contributed by atoms with Crippen molar-refractivity contribution in [2.45, 2.75) is 18.0 Å². The Bertz CT molecular complexity index is 1270. The molecule has 5 nitrogen and oxygen atoms in total. The molecule has 1 aromatic heterocycles. The van der Waals surface area contributed by atoms with Gasteiger partial charge in [0.2, 0.25) is 0 Å². The van der Waals surface area contributed by atoms with Crippen LogP contribution >= 0.6 is 0 Å². The van der Waals surface area contributed by atoms with Gasteiger partial charge in [0.05, 0.1) is 16.9 Å². The standard InChI is InChI=1S/C18H12F5NO4S/c1-9-3-4-10(5-12(9)18(21,22)23)24-15(8-28-17(24)25)11-6-14(20)16(7-13(11)19)29(2,26)27/h3-8H,1-2H3. The minimum Gasteiger partial charge on any atom is -0.415 e. The van der Waals surface area contributed by atoms with E-state index in [0.717, 1.165) is 12.3 Å². The van der Waals surface area contributed by atoms with Crippen molar-refractivity contribution in [3.05, 3.63) is 69.9 Å². The zero-order valence-corrected chi connectivity index (χ0v) is 15.7. The van der Waals surface area contributed by atoms with Gasteiger partial charge in [-0.2, -0.15) is 13.2 Å². The first-order chi connectivity index (χ1) is 13.3. The maximum absolute atomic E-state index is 14.5. The highest BCUT2D eigenvalue weighted by atomic mass is 32.2. The van der Waals surface area contributed by atoms with E-state index in [0.29, 0.717) is 29.0 Å². The Morgan fingerprint density at radius 2 is 1.69 bits per heavy atom. The Labute approximate surface area is 160 Å². The van der Waals surface area contributed by atoms with E-state index in [4.69, 9.17) is 0 Å². The summed E-state index contributed by atoms with van der Waals surface area (Å²) in [5.41, 5.74) is -2.36. The molecule has 0 saturated carbocycles.